The SMILES string of the molecule is O=Cc1cc(=O)[nH]c(C(F)(F)F)c1C(F)F. The topological polar surface area (TPSA) is 49.9 Å². The molecule has 0 aromatic carbocycles. The molecule has 1 N–H and O–H groups in total. The van der Waals surface area contributed by atoms with E-state index in [-0.39, 0.29) is 6.29 Å². The van der Waals surface area contributed by atoms with Crippen LogP contribution in [0.2, 0.25) is 0 Å². The summed E-state index contributed by atoms with van der Waals surface area (Å²) < 4.78 is 61.6. The lowest BCUT2D eigenvalue weighted by Gasteiger charge is -2.12. The highest BCUT2D eigenvalue weighted by Gasteiger charge is 2.38. The minimum atomic E-state index is -5.15. The van der Waals surface area contributed by atoms with Gasteiger partial charge in [0.2, 0.25) is 5.56 Å². The first-order chi connectivity index (χ1) is 7.27. The molecule has 0 unspecified atom stereocenters. The zero-order chi connectivity index (χ0) is 12.5. The van der Waals surface area contributed by atoms with E-state index in [1.807, 2.05) is 0 Å². The Hall–Kier alpha value is -1.73. The number of aromatic amines is 1. The lowest BCUT2D eigenvalue weighted by atomic mass is 10.1. The normalized spacial score (nSPS) is 11.9. The summed E-state index contributed by atoms with van der Waals surface area (Å²) in [4.78, 5) is 22.3. The van der Waals surface area contributed by atoms with Crippen LogP contribution < -0.4 is 5.56 Å². The molecule has 0 amide bonds. The highest BCUT2D eigenvalue weighted by Crippen LogP contribution is 2.35. The molecule has 3 nitrogen and oxygen atoms in total. The van der Waals surface area contributed by atoms with E-state index in [4.69, 9.17) is 0 Å². The summed E-state index contributed by atoms with van der Waals surface area (Å²) >= 11 is 0. The molecule has 0 spiro atoms. The summed E-state index contributed by atoms with van der Waals surface area (Å²) in [5, 5.41) is 0. The van der Waals surface area contributed by atoms with Gasteiger partial charge in [-0.15, -0.1) is 0 Å². The van der Waals surface area contributed by atoms with Crippen LogP contribution in [0.15, 0.2) is 10.9 Å². The average molecular weight is 241 g/mol. The van der Waals surface area contributed by atoms with Gasteiger partial charge in [-0.25, -0.2) is 8.78 Å². The first kappa shape index (κ1) is 12.3. The Balaban J connectivity index is 3.64. The highest BCUT2D eigenvalue weighted by molar-refractivity contribution is 5.77. The van der Waals surface area contributed by atoms with Gasteiger partial charge in [-0.1, -0.05) is 0 Å². The number of rotatable bonds is 2. The largest absolute Gasteiger partial charge is 0.431 e. The van der Waals surface area contributed by atoms with Crippen LogP contribution in [0.3, 0.4) is 0 Å². The third-order valence-corrected chi connectivity index (χ3v) is 1.74. The molecule has 0 saturated heterocycles. The quantitative estimate of drug-likeness (QED) is 0.637. The lowest BCUT2D eigenvalue weighted by molar-refractivity contribution is -0.143. The number of H-pyrrole nitrogens is 1. The van der Waals surface area contributed by atoms with Gasteiger partial charge in [0.15, 0.2) is 6.29 Å². The fourth-order valence-corrected chi connectivity index (χ4v) is 1.15. The number of halogens is 5. The summed E-state index contributed by atoms with van der Waals surface area (Å²) in [6.45, 7) is 0. The predicted octanol–water partition coefficient (Wildman–Crippen LogP) is 2.14. The molecular formula is C8H4F5NO2. The van der Waals surface area contributed by atoms with Crippen molar-refractivity contribution < 1.29 is 26.7 Å². The van der Waals surface area contributed by atoms with E-state index in [1.165, 1.54) is 4.98 Å². The molecule has 0 aliphatic heterocycles. The summed E-state index contributed by atoms with van der Waals surface area (Å²) in [6, 6.07) is 0.393. The van der Waals surface area contributed by atoms with Gasteiger partial charge in [0.25, 0.3) is 6.43 Å². The molecule has 0 aliphatic carbocycles. The van der Waals surface area contributed by atoms with E-state index in [0.717, 1.165) is 0 Å². The molecule has 0 saturated carbocycles. The van der Waals surface area contributed by atoms with Crippen molar-refractivity contribution in [1.29, 1.82) is 0 Å². The number of hydrogen-bond acceptors (Lipinski definition) is 2. The molecule has 1 rings (SSSR count). The number of carbonyl (C=O) groups is 1. The summed E-state index contributed by atoms with van der Waals surface area (Å²) in [6.07, 6.45) is -8.87. The average Bonchev–Trinajstić information content (AvgIpc) is 2.14. The smallest absolute Gasteiger partial charge is 0.318 e. The van der Waals surface area contributed by atoms with Crippen molar-refractivity contribution in [2.24, 2.45) is 0 Å². The van der Waals surface area contributed by atoms with E-state index in [9.17, 15) is 31.5 Å². The van der Waals surface area contributed by atoms with Crippen LogP contribution in [-0.2, 0) is 6.18 Å². The molecule has 16 heavy (non-hydrogen) atoms. The first-order valence-electron chi connectivity index (χ1n) is 3.85. The molecule has 0 radical (unpaired) electrons. The zero-order valence-corrected chi connectivity index (χ0v) is 7.44. The Morgan fingerprint density at radius 2 is 1.88 bits per heavy atom. The molecule has 1 aromatic rings. The maximum absolute atomic E-state index is 12.4. The van der Waals surface area contributed by atoms with Crippen molar-refractivity contribution in [3.05, 3.63) is 33.2 Å². The first-order valence-corrected chi connectivity index (χ1v) is 3.85. The fraction of sp³-hybridized carbons (Fsp3) is 0.250. The molecule has 1 heterocycles. The number of aromatic nitrogens is 1. The van der Waals surface area contributed by atoms with E-state index in [1.54, 1.807) is 0 Å². The van der Waals surface area contributed by atoms with E-state index in [0.29, 0.717) is 6.07 Å². The Bertz CT molecular complexity index is 462. The number of alkyl halides is 5. The van der Waals surface area contributed by atoms with Gasteiger partial charge in [-0.3, -0.25) is 9.59 Å². The molecular weight excluding hydrogens is 237 g/mol. The van der Waals surface area contributed by atoms with Gasteiger partial charge in [0, 0.05) is 11.6 Å². The maximum Gasteiger partial charge on any atom is 0.431 e. The van der Waals surface area contributed by atoms with Crippen LogP contribution in [-0.4, -0.2) is 11.3 Å². The number of pyridine rings is 1. The third kappa shape index (κ3) is 2.26. The summed E-state index contributed by atoms with van der Waals surface area (Å²) in [5.41, 5.74) is -5.64. The van der Waals surface area contributed by atoms with Gasteiger partial charge >= 0.3 is 6.18 Å². The molecule has 0 atom stereocenters. The Labute approximate surface area is 84.9 Å². The summed E-state index contributed by atoms with van der Waals surface area (Å²) in [7, 11) is 0. The standard InChI is InChI=1S/C8H4F5NO2/c9-7(10)5-3(2-15)1-4(16)14-6(5)8(11,12)13/h1-2,7H,(H,14,16). The molecule has 0 aliphatic rings. The van der Waals surface area contributed by atoms with E-state index < -0.39 is 35.0 Å². The molecule has 8 heteroatoms. The Morgan fingerprint density at radius 3 is 2.25 bits per heavy atom. The van der Waals surface area contributed by atoms with Crippen molar-refractivity contribution in [2.45, 2.75) is 12.6 Å². The van der Waals surface area contributed by atoms with E-state index >= 15 is 0 Å². The van der Waals surface area contributed by atoms with Crippen LogP contribution >= 0.6 is 0 Å². The number of hydrogen-bond donors (Lipinski definition) is 1. The Morgan fingerprint density at radius 1 is 1.31 bits per heavy atom. The number of carbonyl (C=O) groups excluding carboxylic acids is 1. The van der Waals surface area contributed by atoms with Crippen molar-refractivity contribution in [3.8, 4) is 0 Å². The predicted molar refractivity (Wildman–Crippen MR) is 42.4 cm³/mol. The maximum atomic E-state index is 12.4. The van der Waals surface area contributed by atoms with Gasteiger partial charge in [-0.05, 0) is 0 Å². The van der Waals surface area contributed by atoms with Gasteiger partial charge in [-0.2, -0.15) is 13.2 Å². The van der Waals surface area contributed by atoms with Gasteiger partial charge in [0.1, 0.15) is 5.69 Å². The lowest BCUT2D eigenvalue weighted by Crippen LogP contribution is -2.21. The Kier molecular flexibility index (Phi) is 3.11. The minimum absolute atomic E-state index is 0.216. The zero-order valence-electron chi connectivity index (χ0n) is 7.44. The van der Waals surface area contributed by atoms with Gasteiger partial charge in [0.05, 0.1) is 5.56 Å². The summed E-state index contributed by atoms with van der Waals surface area (Å²) in [5.74, 6) is 0. The monoisotopic (exact) mass is 241 g/mol. The van der Waals surface area contributed by atoms with Crippen LogP contribution in [0.4, 0.5) is 22.0 Å². The molecule has 88 valence electrons. The van der Waals surface area contributed by atoms with Crippen LogP contribution in [0.25, 0.3) is 0 Å². The van der Waals surface area contributed by atoms with Crippen LogP contribution in [0.1, 0.15) is 28.0 Å². The second-order valence-corrected chi connectivity index (χ2v) is 2.79. The molecule has 1 aromatic heterocycles. The minimum Gasteiger partial charge on any atom is -0.318 e. The van der Waals surface area contributed by atoms with Crippen molar-refractivity contribution in [2.75, 3.05) is 0 Å². The van der Waals surface area contributed by atoms with Crippen LogP contribution in [0.5, 0.6) is 0 Å². The van der Waals surface area contributed by atoms with Crippen molar-refractivity contribution >= 4 is 6.29 Å². The molecule has 0 fully saturated rings. The highest BCUT2D eigenvalue weighted by atomic mass is 19.4. The van der Waals surface area contributed by atoms with Crippen molar-refractivity contribution in [1.82, 2.24) is 4.98 Å². The number of nitrogens with one attached hydrogen (secondary N) is 1. The fourth-order valence-electron chi connectivity index (χ4n) is 1.15. The molecule has 0 bridgehead atoms. The van der Waals surface area contributed by atoms with Crippen molar-refractivity contribution in [3.63, 3.8) is 0 Å². The third-order valence-electron chi connectivity index (χ3n) is 1.74. The van der Waals surface area contributed by atoms with E-state index in [2.05, 4.69) is 0 Å². The van der Waals surface area contributed by atoms with Crippen LogP contribution in [0, 0.1) is 0 Å². The number of aldehydes is 1. The second-order valence-electron chi connectivity index (χ2n) is 2.79. The second kappa shape index (κ2) is 4.03. The van der Waals surface area contributed by atoms with Gasteiger partial charge < -0.3 is 4.98 Å².